The Bertz CT molecular complexity index is 2320. The van der Waals surface area contributed by atoms with Crippen molar-refractivity contribution in [3.8, 4) is 17.0 Å². The Morgan fingerprint density at radius 3 is 2.47 bits per heavy atom. The average Bonchev–Trinajstić information content (AvgIpc) is 3.76. The lowest BCUT2D eigenvalue weighted by Gasteiger charge is -2.40. The third-order valence-electron chi connectivity index (χ3n) is 9.79. The van der Waals surface area contributed by atoms with E-state index in [2.05, 4.69) is 20.6 Å². The zero-order valence-corrected chi connectivity index (χ0v) is 30.7. The molecule has 3 aromatic carbocycles. The number of carbonyl (C=O) groups excluding carboxylic acids is 2. The molecule has 1 fully saturated rings. The molecule has 1 saturated heterocycles. The summed E-state index contributed by atoms with van der Waals surface area (Å²) in [7, 11) is -3.08. The van der Waals surface area contributed by atoms with Gasteiger partial charge in [-0.2, -0.15) is 5.10 Å². The van der Waals surface area contributed by atoms with Gasteiger partial charge in [0, 0.05) is 89.8 Å². The number of morpholine rings is 1. The SMILES string of the molecule is [2H]C([2H])([2H])n1cc(N(C(=O)c2cc(-c3cc(Cl)ccc3C(=O)N3Cc4ccccc4C[C@H]3CN3CCOCC3)n(C)c2C)c2ccc(OP(=O)(O)O)cc2)cn1. The number of nitrogens with zero attached hydrogens (tertiary/aromatic N) is 6. The van der Waals surface area contributed by atoms with E-state index >= 15 is 0 Å². The summed E-state index contributed by atoms with van der Waals surface area (Å²) in [5.41, 5.74) is 4.90. The minimum Gasteiger partial charge on any atom is -0.404 e. The third kappa shape index (κ3) is 7.82. The first-order chi connectivity index (χ1) is 26.6. The van der Waals surface area contributed by atoms with Gasteiger partial charge in [0.2, 0.25) is 0 Å². The lowest BCUT2D eigenvalue weighted by atomic mass is 9.92. The van der Waals surface area contributed by atoms with Crippen molar-refractivity contribution in [1.29, 1.82) is 0 Å². The second kappa shape index (κ2) is 14.9. The number of hydrogen-bond acceptors (Lipinski definition) is 7. The van der Waals surface area contributed by atoms with E-state index in [0.29, 0.717) is 60.3 Å². The molecule has 2 amide bonds. The monoisotopic (exact) mass is 761 g/mol. The number of hydrogen-bond donors (Lipinski definition) is 2. The van der Waals surface area contributed by atoms with Crippen LogP contribution in [0.5, 0.6) is 5.75 Å². The summed E-state index contributed by atoms with van der Waals surface area (Å²) in [5.74, 6) is -0.882. The molecular weight excluding hydrogens is 719 g/mol. The number of aromatic nitrogens is 3. The first kappa shape index (κ1) is 32.9. The summed E-state index contributed by atoms with van der Waals surface area (Å²) < 4.78 is 47.7. The molecule has 0 saturated carbocycles. The Balaban J connectivity index is 1.27. The predicted molar refractivity (Wildman–Crippen MR) is 200 cm³/mol. The van der Waals surface area contributed by atoms with Gasteiger partial charge in [-0.05, 0) is 73.0 Å². The summed E-state index contributed by atoms with van der Waals surface area (Å²) in [6.07, 6.45) is 3.15. The second-order valence-corrected chi connectivity index (χ2v) is 14.7. The van der Waals surface area contributed by atoms with Crippen molar-refractivity contribution >= 4 is 42.6 Å². The quantitative estimate of drug-likeness (QED) is 0.180. The number of carbonyl (C=O) groups is 2. The highest BCUT2D eigenvalue weighted by Crippen LogP contribution is 2.39. The van der Waals surface area contributed by atoms with E-state index < -0.39 is 20.7 Å². The Kier molecular flexibility index (Phi) is 9.26. The molecule has 1 atom stereocenters. The number of phosphoric acid groups is 1. The minimum absolute atomic E-state index is 0.103. The molecule has 2 aliphatic heterocycles. The molecule has 15 heteroatoms. The number of benzene rings is 3. The molecule has 0 aliphatic carbocycles. The predicted octanol–water partition coefficient (Wildman–Crippen LogP) is 5.74. The van der Waals surface area contributed by atoms with E-state index in [1.807, 2.05) is 23.1 Å². The summed E-state index contributed by atoms with van der Waals surface area (Å²) in [5, 5.41) is 4.37. The smallest absolute Gasteiger partial charge is 0.404 e. The molecule has 5 aromatic rings. The molecule has 2 aliphatic rings. The number of rotatable bonds is 9. The van der Waals surface area contributed by atoms with Crippen LogP contribution in [-0.4, -0.2) is 84.6 Å². The van der Waals surface area contributed by atoms with Gasteiger partial charge in [0.05, 0.1) is 30.7 Å². The van der Waals surface area contributed by atoms with Crippen LogP contribution in [0.15, 0.2) is 85.2 Å². The van der Waals surface area contributed by atoms with E-state index in [4.69, 9.17) is 20.5 Å². The Labute approximate surface area is 316 Å². The maximum absolute atomic E-state index is 14.8. The fraction of sp³-hybridized carbons (Fsp3) is 0.289. The van der Waals surface area contributed by atoms with Crippen LogP contribution in [0.3, 0.4) is 0 Å². The molecule has 7 rings (SSSR count). The molecule has 4 heterocycles. The highest BCUT2D eigenvalue weighted by atomic mass is 35.5. The molecule has 0 unspecified atom stereocenters. The van der Waals surface area contributed by atoms with E-state index in [1.165, 1.54) is 47.1 Å². The normalized spacial score (nSPS) is 17.4. The van der Waals surface area contributed by atoms with Crippen molar-refractivity contribution in [2.24, 2.45) is 14.0 Å². The number of aryl methyl sites for hydroxylation is 1. The summed E-state index contributed by atoms with van der Waals surface area (Å²) in [6, 6.07) is 20.2. The number of anilines is 2. The molecule has 0 radical (unpaired) electrons. The topological polar surface area (TPSA) is 143 Å². The van der Waals surface area contributed by atoms with Crippen molar-refractivity contribution in [3.63, 3.8) is 0 Å². The molecule has 0 bridgehead atoms. The second-order valence-electron chi connectivity index (χ2n) is 13.1. The van der Waals surface area contributed by atoms with Crippen LogP contribution >= 0.6 is 19.4 Å². The average molecular weight is 762 g/mol. The van der Waals surface area contributed by atoms with Gasteiger partial charge in [-0.1, -0.05) is 35.9 Å². The standard InChI is InChI=1S/C38H40ClN6O7P/c1-25-34(38(47)45(31-21-40-41(2)23-31)29-9-11-32(12-10-29)52-53(48,49)50)20-36(42(25)3)35-19-28(39)8-13-33(35)37(46)44-22-27-7-5-4-6-26(27)18-30(44)24-43-14-16-51-17-15-43/h4-13,19-21,23,30H,14-18,22,24H2,1-3H3,(H2,48,49,50)/t30-/m0/s1/i2D3. The molecule has 2 aromatic heterocycles. The lowest BCUT2D eigenvalue weighted by Crippen LogP contribution is -2.52. The number of phosphoric ester groups is 1. The van der Waals surface area contributed by atoms with Gasteiger partial charge in [0.25, 0.3) is 11.8 Å². The van der Waals surface area contributed by atoms with E-state index in [9.17, 15) is 23.9 Å². The number of halogens is 1. The highest BCUT2D eigenvalue weighted by molar-refractivity contribution is 7.46. The highest BCUT2D eigenvalue weighted by Gasteiger charge is 2.34. The Morgan fingerprint density at radius 2 is 1.77 bits per heavy atom. The van der Waals surface area contributed by atoms with Gasteiger partial charge in [-0.25, -0.2) is 4.57 Å². The summed E-state index contributed by atoms with van der Waals surface area (Å²) >= 11 is 6.60. The van der Waals surface area contributed by atoms with Crippen molar-refractivity contribution < 1.29 is 37.3 Å². The molecule has 276 valence electrons. The van der Waals surface area contributed by atoms with Gasteiger partial charge in [-0.15, -0.1) is 0 Å². The van der Waals surface area contributed by atoms with Crippen LogP contribution in [-0.2, 0) is 36.3 Å². The lowest BCUT2D eigenvalue weighted by molar-refractivity contribution is 0.0193. The van der Waals surface area contributed by atoms with Crippen LogP contribution in [0.2, 0.25) is 5.02 Å². The zero-order chi connectivity index (χ0) is 39.9. The fourth-order valence-electron chi connectivity index (χ4n) is 7.04. The summed E-state index contributed by atoms with van der Waals surface area (Å²) in [4.78, 5) is 53.6. The van der Waals surface area contributed by atoms with Gasteiger partial charge in [-0.3, -0.25) is 33.9 Å². The van der Waals surface area contributed by atoms with Crippen molar-refractivity contribution in [3.05, 3.63) is 118 Å². The van der Waals surface area contributed by atoms with Crippen molar-refractivity contribution in [1.82, 2.24) is 24.1 Å². The first-order valence-electron chi connectivity index (χ1n) is 18.5. The maximum atomic E-state index is 14.8. The largest absolute Gasteiger partial charge is 0.524 e. The van der Waals surface area contributed by atoms with E-state index in [-0.39, 0.29) is 34.6 Å². The van der Waals surface area contributed by atoms with Gasteiger partial charge in [0.1, 0.15) is 5.75 Å². The minimum atomic E-state index is -4.86. The van der Waals surface area contributed by atoms with Crippen molar-refractivity contribution in [2.45, 2.75) is 25.9 Å². The number of fused-ring (bicyclic) bond motifs is 1. The van der Waals surface area contributed by atoms with E-state index in [0.717, 1.165) is 23.3 Å². The van der Waals surface area contributed by atoms with E-state index in [1.54, 1.807) is 42.8 Å². The first-order valence-corrected chi connectivity index (χ1v) is 18.9. The van der Waals surface area contributed by atoms with Gasteiger partial charge < -0.3 is 18.7 Å². The molecule has 2 N–H and O–H groups in total. The number of amides is 2. The van der Waals surface area contributed by atoms with Gasteiger partial charge >= 0.3 is 7.82 Å². The third-order valence-corrected chi connectivity index (χ3v) is 10.5. The summed E-state index contributed by atoms with van der Waals surface area (Å²) in [6.45, 7) is 3.09. The van der Waals surface area contributed by atoms with Crippen LogP contribution in [0.4, 0.5) is 11.4 Å². The Hall–Kier alpha value is -4.75. The molecule has 53 heavy (non-hydrogen) atoms. The van der Waals surface area contributed by atoms with Crippen LogP contribution < -0.4 is 9.42 Å². The zero-order valence-electron chi connectivity index (χ0n) is 32.1. The molecular formula is C38H40ClN6O7P. The Morgan fingerprint density at radius 1 is 1.04 bits per heavy atom. The van der Waals surface area contributed by atoms with Crippen LogP contribution in [0.25, 0.3) is 11.3 Å². The molecule has 13 nitrogen and oxygen atoms in total. The van der Waals surface area contributed by atoms with Crippen LogP contribution in [0, 0.1) is 6.92 Å². The van der Waals surface area contributed by atoms with Crippen LogP contribution in [0.1, 0.15) is 41.6 Å². The van der Waals surface area contributed by atoms with Gasteiger partial charge in [0.15, 0.2) is 0 Å². The number of ether oxygens (including phenoxy) is 1. The maximum Gasteiger partial charge on any atom is 0.524 e. The van der Waals surface area contributed by atoms with Crippen molar-refractivity contribution in [2.75, 3.05) is 37.7 Å². The molecule has 0 spiro atoms. The fourth-order valence-corrected chi connectivity index (χ4v) is 7.61.